The van der Waals surface area contributed by atoms with Crippen LogP contribution in [0.5, 0.6) is 0 Å². The molecule has 2 rings (SSSR count). The van der Waals surface area contributed by atoms with Crippen LogP contribution in [0.25, 0.3) is 0 Å². The van der Waals surface area contributed by atoms with Crippen molar-refractivity contribution in [2.45, 2.75) is 32.4 Å². The van der Waals surface area contributed by atoms with Crippen molar-refractivity contribution >= 4 is 23.6 Å². The number of nitrogens with zero attached hydrogens (tertiary/aromatic N) is 2. The van der Waals surface area contributed by atoms with Crippen LogP contribution in [0.15, 0.2) is 30.3 Å². The van der Waals surface area contributed by atoms with E-state index in [-0.39, 0.29) is 30.5 Å². The zero-order valence-corrected chi connectivity index (χ0v) is 14.2. The first-order valence-electron chi connectivity index (χ1n) is 7.96. The van der Waals surface area contributed by atoms with Crippen LogP contribution < -0.4 is 0 Å². The standard InChI is InChI=1S/C17H23ClN2O3/c1-2-20(15-8-10-19(11-9-15)16(21)12-18)17(22)23-13-14-6-4-3-5-7-14/h3-7,15H,2,8-13H2,1H3. The van der Waals surface area contributed by atoms with Gasteiger partial charge in [-0.15, -0.1) is 11.6 Å². The van der Waals surface area contributed by atoms with Crippen molar-refractivity contribution in [3.8, 4) is 0 Å². The van der Waals surface area contributed by atoms with E-state index in [1.807, 2.05) is 37.3 Å². The first-order chi connectivity index (χ1) is 11.2. The third-order valence-corrected chi connectivity index (χ3v) is 4.38. The molecule has 1 aromatic carbocycles. The van der Waals surface area contributed by atoms with Crippen molar-refractivity contribution in [3.63, 3.8) is 0 Å². The number of amides is 2. The SMILES string of the molecule is CCN(C(=O)OCc1ccccc1)C1CCN(C(=O)CCl)CC1. The third-order valence-electron chi connectivity index (χ3n) is 4.15. The maximum atomic E-state index is 12.3. The van der Waals surface area contributed by atoms with Gasteiger partial charge in [-0.3, -0.25) is 4.79 Å². The number of halogens is 1. The second-order valence-corrected chi connectivity index (χ2v) is 5.84. The Morgan fingerprint density at radius 1 is 1.26 bits per heavy atom. The molecule has 5 nitrogen and oxygen atoms in total. The molecule has 1 aliphatic heterocycles. The maximum absolute atomic E-state index is 12.3. The van der Waals surface area contributed by atoms with E-state index in [9.17, 15) is 9.59 Å². The molecule has 1 heterocycles. The Morgan fingerprint density at radius 3 is 2.48 bits per heavy atom. The quantitative estimate of drug-likeness (QED) is 0.776. The van der Waals surface area contributed by atoms with Gasteiger partial charge < -0.3 is 14.5 Å². The Kier molecular flexibility index (Phi) is 6.71. The van der Waals surface area contributed by atoms with Gasteiger partial charge in [0.15, 0.2) is 0 Å². The van der Waals surface area contributed by atoms with Crippen molar-refractivity contribution in [3.05, 3.63) is 35.9 Å². The molecule has 0 spiro atoms. The number of carbonyl (C=O) groups is 2. The summed E-state index contributed by atoms with van der Waals surface area (Å²) in [6.07, 6.45) is 1.23. The fourth-order valence-corrected chi connectivity index (χ4v) is 3.02. The molecular formula is C17H23ClN2O3. The van der Waals surface area contributed by atoms with E-state index in [4.69, 9.17) is 16.3 Å². The minimum atomic E-state index is -0.293. The molecule has 0 bridgehead atoms. The highest BCUT2D eigenvalue weighted by Crippen LogP contribution is 2.18. The summed E-state index contributed by atoms with van der Waals surface area (Å²) in [5.41, 5.74) is 0.972. The summed E-state index contributed by atoms with van der Waals surface area (Å²) in [5, 5.41) is 0. The van der Waals surface area contributed by atoms with Gasteiger partial charge in [0, 0.05) is 25.7 Å². The molecule has 1 aliphatic rings. The number of ether oxygens (including phenoxy) is 1. The van der Waals surface area contributed by atoms with Crippen LogP contribution in [0.3, 0.4) is 0 Å². The Morgan fingerprint density at radius 2 is 1.91 bits per heavy atom. The van der Waals surface area contributed by atoms with Gasteiger partial charge in [-0.2, -0.15) is 0 Å². The smallest absolute Gasteiger partial charge is 0.410 e. The lowest BCUT2D eigenvalue weighted by atomic mass is 10.0. The van der Waals surface area contributed by atoms with Crippen molar-refractivity contribution in [2.24, 2.45) is 0 Å². The summed E-state index contributed by atoms with van der Waals surface area (Å²) >= 11 is 5.59. The molecule has 0 unspecified atom stereocenters. The maximum Gasteiger partial charge on any atom is 0.410 e. The van der Waals surface area contributed by atoms with Crippen molar-refractivity contribution in [1.29, 1.82) is 0 Å². The van der Waals surface area contributed by atoms with Crippen LogP contribution in [0.2, 0.25) is 0 Å². The highest BCUT2D eigenvalue weighted by atomic mass is 35.5. The average molecular weight is 339 g/mol. The number of rotatable bonds is 5. The Bertz CT molecular complexity index is 516. The first kappa shape index (κ1) is 17.6. The molecule has 126 valence electrons. The van der Waals surface area contributed by atoms with E-state index in [2.05, 4.69) is 0 Å². The van der Waals surface area contributed by atoms with E-state index < -0.39 is 0 Å². The fraction of sp³-hybridized carbons (Fsp3) is 0.529. The third kappa shape index (κ3) is 4.86. The number of piperidine rings is 1. The molecule has 1 saturated heterocycles. The minimum Gasteiger partial charge on any atom is -0.445 e. The summed E-state index contributed by atoms with van der Waals surface area (Å²) in [7, 11) is 0. The number of benzene rings is 1. The number of carbonyl (C=O) groups excluding carboxylic acids is 2. The fourth-order valence-electron chi connectivity index (χ4n) is 2.85. The van der Waals surface area contributed by atoms with Gasteiger partial charge in [-0.05, 0) is 25.3 Å². The molecule has 0 aromatic heterocycles. The van der Waals surface area contributed by atoms with Crippen LogP contribution in [0.4, 0.5) is 4.79 Å². The van der Waals surface area contributed by atoms with Gasteiger partial charge >= 0.3 is 6.09 Å². The number of hydrogen-bond donors (Lipinski definition) is 0. The Balaban J connectivity index is 1.85. The van der Waals surface area contributed by atoms with Gasteiger partial charge in [0.1, 0.15) is 12.5 Å². The van der Waals surface area contributed by atoms with Gasteiger partial charge in [-0.1, -0.05) is 30.3 Å². The monoisotopic (exact) mass is 338 g/mol. The topological polar surface area (TPSA) is 49.9 Å². The van der Waals surface area contributed by atoms with Gasteiger partial charge in [-0.25, -0.2) is 4.79 Å². The highest BCUT2D eigenvalue weighted by Gasteiger charge is 2.29. The molecule has 0 N–H and O–H groups in total. The molecule has 1 fully saturated rings. The van der Waals surface area contributed by atoms with E-state index in [1.54, 1.807) is 9.80 Å². The van der Waals surface area contributed by atoms with Gasteiger partial charge in [0.25, 0.3) is 0 Å². The molecule has 23 heavy (non-hydrogen) atoms. The van der Waals surface area contributed by atoms with Crippen LogP contribution in [0.1, 0.15) is 25.3 Å². The lowest BCUT2D eigenvalue weighted by Gasteiger charge is -2.37. The van der Waals surface area contributed by atoms with Gasteiger partial charge in [0.05, 0.1) is 0 Å². The largest absolute Gasteiger partial charge is 0.445 e. The molecular weight excluding hydrogens is 316 g/mol. The number of hydrogen-bond acceptors (Lipinski definition) is 3. The molecule has 0 atom stereocenters. The van der Waals surface area contributed by atoms with E-state index in [0.717, 1.165) is 18.4 Å². The zero-order chi connectivity index (χ0) is 16.7. The second-order valence-electron chi connectivity index (χ2n) is 5.57. The van der Waals surface area contributed by atoms with Gasteiger partial charge in [0.2, 0.25) is 5.91 Å². The van der Waals surface area contributed by atoms with Crippen molar-refractivity contribution < 1.29 is 14.3 Å². The zero-order valence-electron chi connectivity index (χ0n) is 13.4. The molecule has 0 saturated carbocycles. The molecule has 6 heteroatoms. The summed E-state index contributed by atoms with van der Waals surface area (Å²) < 4.78 is 5.42. The number of likely N-dealkylation sites (tertiary alicyclic amines) is 1. The summed E-state index contributed by atoms with van der Waals surface area (Å²) in [6.45, 7) is 4.10. The lowest BCUT2D eigenvalue weighted by Crippen LogP contribution is -2.49. The highest BCUT2D eigenvalue weighted by molar-refractivity contribution is 6.27. The summed E-state index contributed by atoms with van der Waals surface area (Å²) in [5.74, 6) is -0.0267. The van der Waals surface area contributed by atoms with Crippen LogP contribution in [0, 0.1) is 0 Å². The van der Waals surface area contributed by atoms with Crippen LogP contribution >= 0.6 is 11.6 Å². The normalized spacial score (nSPS) is 15.3. The first-order valence-corrected chi connectivity index (χ1v) is 8.50. The van der Waals surface area contributed by atoms with Crippen molar-refractivity contribution in [1.82, 2.24) is 9.80 Å². The number of alkyl halides is 1. The molecule has 0 radical (unpaired) electrons. The minimum absolute atomic E-state index is 0.0152. The van der Waals surface area contributed by atoms with E-state index in [0.29, 0.717) is 19.6 Å². The molecule has 0 aliphatic carbocycles. The van der Waals surface area contributed by atoms with Crippen LogP contribution in [-0.4, -0.2) is 53.4 Å². The lowest BCUT2D eigenvalue weighted by molar-refractivity contribution is -0.129. The second kappa shape index (κ2) is 8.77. The predicted octanol–water partition coefficient (Wildman–Crippen LogP) is 2.87. The van der Waals surface area contributed by atoms with Crippen LogP contribution in [-0.2, 0) is 16.1 Å². The van der Waals surface area contributed by atoms with E-state index in [1.165, 1.54) is 0 Å². The summed E-state index contributed by atoms with van der Waals surface area (Å²) in [6, 6.07) is 9.75. The average Bonchev–Trinajstić information content (AvgIpc) is 2.61. The Labute approximate surface area is 142 Å². The molecule has 1 aromatic rings. The Hall–Kier alpha value is -1.75. The molecule has 2 amide bonds. The summed E-state index contributed by atoms with van der Waals surface area (Å²) in [4.78, 5) is 27.4. The predicted molar refractivity (Wildman–Crippen MR) is 89.3 cm³/mol. The van der Waals surface area contributed by atoms with Crippen molar-refractivity contribution in [2.75, 3.05) is 25.5 Å². The van der Waals surface area contributed by atoms with E-state index >= 15 is 0 Å².